The van der Waals surface area contributed by atoms with Crippen molar-refractivity contribution in [2.24, 2.45) is 5.73 Å². The zero-order valence-corrected chi connectivity index (χ0v) is 16.7. The molecule has 2 aromatic rings. The van der Waals surface area contributed by atoms with E-state index < -0.39 is 0 Å². The molecule has 8 heteroatoms. The van der Waals surface area contributed by atoms with Crippen LogP contribution in [-0.2, 0) is 0 Å². The van der Waals surface area contributed by atoms with Gasteiger partial charge >= 0.3 is 0 Å². The van der Waals surface area contributed by atoms with E-state index in [0.29, 0.717) is 12.1 Å². The normalized spacial score (nSPS) is 17.1. The number of aromatic nitrogens is 3. The Morgan fingerprint density at radius 2 is 1.96 bits per heavy atom. The van der Waals surface area contributed by atoms with Gasteiger partial charge in [0.15, 0.2) is 5.65 Å². The maximum absolute atomic E-state index is 13.0. The van der Waals surface area contributed by atoms with E-state index in [1.807, 2.05) is 15.6 Å². The van der Waals surface area contributed by atoms with Crippen molar-refractivity contribution in [1.82, 2.24) is 19.7 Å². The van der Waals surface area contributed by atoms with Crippen molar-refractivity contribution in [2.45, 2.75) is 52.1 Å². The number of rotatable bonds is 3. The fourth-order valence-electron chi connectivity index (χ4n) is 3.03. The minimum absolute atomic E-state index is 0. The number of nitrogens with zero attached hydrogens (tertiary/aromatic N) is 4. The van der Waals surface area contributed by atoms with Gasteiger partial charge in [0, 0.05) is 30.9 Å². The summed E-state index contributed by atoms with van der Waals surface area (Å²) in [6, 6.07) is 2.20. The predicted molar refractivity (Wildman–Crippen MR) is 105 cm³/mol. The Morgan fingerprint density at radius 3 is 2.48 bits per heavy atom. The molecule has 0 aliphatic carbocycles. The lowest BCUT2D eigenvalue weighted by Gasteiger charge is -2.18. The molecule has 1 saturated heterocycles. The van der Waals surface area contributed by atoms with Gasteiger partial charge in [-0.3, -0.25) is 4.79 Å². The molecule has 1 aliphatic rings. The largest absolute Gasteiger partial charge is 0.337 e. The maximum Gasteiger partial charge on any atom is 0.254 e. The smallest absolute Gasteiger partial charge is 0.254 e. The molecule has 2 aromatic heterocycles. The van der Waals surface area contributed by atoms with Gasteiger partial charge < -0.3 is 10.6 Å². The standard InChI is InChI=1S/C17H25N5O.2ClH/c1-10(2)15-7-13(17(23)21-6-5-12(18)9-21)14-8-19-22(11(3)4)16(14)20-15;;/h7-8,10-12H,5-6,9,18H2,1-4H3;2*1H. The van der Waals surface area contributed by atoms with E-state index in [4.69, 9.17) is 10.7 Å². The summed E-state index contributed by atoms with van der Waals surface area (Å²) in [5.74, 6) is 0.290. The SMILES string of the molecule is CC(C)c1cc(C(=O)N2CCC(N)C2)c2cnn(C(C)C)c2n1.Cl.Cl. The number of hydrogen-bond acceptors (Lipinski definition) is 4. The molecule has 0 radical (unpaired) electrons. The van der Waals surface area contributed by atoms with Gasteiger partial charge in [0.25, 0.3) is 5.91 Å². The van der Waals surface area contributed by atoms with Crippen LogP contribution in [0.3, 0.4) is 0 Å². The topological polar surface area (TPSA) is 77.0 Å². The average molecular weight is 388 g/mol. The highest BCUT2D eigenvalue weighted by Crippen LogP contribution is 2.26. The van der Waals surface area contributed by atoms with E-state index in [1.54, 1.807) is 6.20 Å². The lowest BCUT2D eigenvalue weighted by molar-refractivity contribution is 0.0792. The van der Waals surface area contributed by atoms with Gasteiger partial charge in [0.2, 0.25) is 0 Å². The van der Waals surface area contributed by atoms with Crippen molar-refractivity contribution < 1.29 is 4.79 Å². The Hall–Kier alpha value is -1.37. The molecule has 1 amide bonds. The van der Waals surface area contributed by atoms with Crippen LogP contribution in [-0.4, -0.2) is 44.7 Å². The number of halogens is 2. The number of carbonyl (C=O) groups is 1. The zero-order chi connectivity index (χ0) is 16.7. The molecular formula is C17H27Cl2N5O. The first-order valence-corrected chi connectivity index (χ1v) is 8.31. The van der Waals surface area contributed by atoms with Crippen molar-refractivity contribution in [3.8, 4) is 0 Å². The molecule has 0 saturated carbocycles. The van der Waals surface area contributed by atoms with Crippen LogP contribution in [0.4, 0.5) is 0 Å². The van der Waals surface area contributed by atoms with Gasteiger partial charge in [-0.2, -0.15) is 5.10 Å². The molecule has 1 fully saturated rings. The summed E-state index contributed by atoms with van der Waals surface area (Å²) in [6.45, 7) is 9.65. The number of carbonyl (C=O) groups excluding carboxylic acids is 1. The molecule has 1 unspecified atom stereocenters. The van der Waals surface area contributed by atoms with Crippen molar-refractivity contribution in [2.75, 3.05) is 13.1 Å². The van der Waals surface area contributed by atoms with Gasteiger partial charge in [-0.25, -0.2) is 9.67 Å². The molecule has 1 aliphatic heterocycles. The first-order chi connectivity index (χ1) is 10.9. The molecule has 0 aromatic carbocycles. The summed E-state index contributed by atoms with van der Waals surface area (Å²) in [5.41, 5.74) is 8.36. The highest BCUT2D eigenvalue weighted by Gasteiger charge is 2.27. The second kappa shape index (κ2) is 8.34. The van der Waals surface area contributed by atoms with Gasteiger partial charge in [-0.15, -0.1) is 24.8 Å². The van der Waals surface area contributed by atoms with Crippen LogP contribution in [0.15, 0.2) is 12.3 Å². The highest BCUT2D eigenvalue weighted by atomic mass is 35.5. The van der Waals surface area contributed by atoms with Crippen molar-refractivity contribution >= 4 is 41.8 Å². The Kier molecular flexibility index (Phi) is 7.23. The summed E-state index contributed by atoms with van der Waals surface area (Å²) >= 11 is 0. The van der Waals surface area contributed by atoms with Crippen molar-refractivity contribution in [3.05, 3.63) is 23.5 Å². The number of pyridine rings is 1. The van der Waals surface area contributed by atoms with Crippen LogP contribution in [0.1, 0.15) is 62.1 Å². The van der Waals surface area contributed by atoms with Crippen LogP contribution in [0, 0.1) is 0 Å². The van der Waals surface area contributed by atoms with Crippen molar-refractivity contribution in [1.29, 1.82) is 0 Å². The maximum atomic E-state index is 13.0. The monoisotopic (exact) mass is 387 g/mol. The third-order valence-electron chi connectivity index (χ3n) is 4.41. The third kappa shape index (κ3) is 4.07. The lowest BCUT2D eigenvalue weighted by atomic mass is 10.0. The molecular weight excluding hydrogens is 361 g/mol. The van der Waals surface area contributed by atoms with Crippen LogP contribution < -0.4 is 5.73 Å². The van der Waals surface area contributed by atoms with E-state index in [2.05, 4.69) is 32.8 Å². The van der Waals surface area contributed by atoms with Crippen LogP contribution in [0.25, 0.3) is 11.0 Å². The van der Waals surface area contributed by atoms with E-state index >= 15 is 0 Å². The van der Waals surface area contributed by atoms with E-state index in [1.165, 1.54) is 0 Å². The Morgan fingerprint density at radius 1 is 1.28 bits per heavy atom. The van der Waals surface area contributed by atoms with Gasteiger partial charge in [-0.1, -0.05) is 13.8 Å². The van der Waals surface area contributed by atoms with E-state index in [0.717, 1.165) is 29.7 Å². The van der Waals surface area contributed by atoms with E-state index in [9.17, 15) is 4.79 Å². The Balaban J connectivity index is 0.00000156. The summed E-state index contributed by atoms with van der Waals surface area (Å²) in [4.78, 5) is 19.6. The highest BCUT2D eigenvalue weighted by molar-refractivity contribution is 6.05. The van der Waals surface area contributed by atoms with Crippen LogP contribution >= 0.6 is 24.8 Å². The van der Waals surface area contributed by atoms with E-state index in [-0.39, 0.29) is 48.7 Å². The zero-order valence-electron chi connectivity index (χ0n) is 15.1. The third-order valence-corrected chi connectivity index (χ3v) is 4.41. The Bertz CT molecular complexity index is 744. The number of fused-ring (bicyclic) bond motifs is 1. The first kappa shape index (κ1) is 21.7. The van der Waals surface area contributed by atoms with Crippen LogP contribution in [0.5, 0.6) is 0 Å². The number of likely N-dealkylation sites (tertiary alicyclic amines) is 1. The predicted octanol–water partition coefficient (Wildman–Crippen LogP) is 3.15. The molecule has 0 bridgehead atoms. The van der Waals surface area contributed by atoms with Gasteiger partial charge in [0.1, 0.15) is 0 Å². The van der Waals surface area contributed by atoms with Crippen molar-refractivity contribution in [3.63, 3.8) is 0 Å². The van der Waals surface area contributed by atoms with Crippen LogP contribution in [0.2, 0.25) is 0 Å². The van der Waals surface area contributed by atoms with Gasteiger partial charge in [0.05, 0.1) is 17.1 Å². The second-order valence-electron chi connectivity index (χ2n) is 6.97. The molecule has 0 spiro atoms. The number of hydrogen-bond donors (Lipinski definition) is 1. The Labute approximate surface area is 161 Å². The molecule has 3 heterocycles. The average Bonchev–Trinajstić information content (AvgIpc) is 3.11. The summed E-state index contributed by atoms with van der Waals surface area (Å²) < 4.78 is 1.88. The molecule has 2 N–H and O–H groups in total. The van der Waals surface area contributed by atoms with Gasteiger partial charge in [-0.05, 0) is 32.3 Å². The molecule has 25 heavy (non-hydrogen) atoms. The fourth-order valence-corrected chi connectivity index (χ4v) is 3.03. The fraction of sp³-hybridized carbons (Fsp3) is 0.588. The summed E-state index contributed by atoms with van der Waals surface area (Å²) in [6.07, 6.45) is 2.62. The molecule has 3 rings (SSSR count). The molecule has 140 valence electrons. The minimum atomic E-state index is 0. The molecule has 1 atom stereocenters. The number of amides is 1. The lowest BCUT2D eigenvalue weighted by Crippen LogP contribution is -2.32. The summed E-state index contributed by atoms with van der Waals surface area (Å²) in [5, 5.41) is 5.27. The molecule has 6 nitrogen and oxygen atoms in total. The minimum Gasteiger partial charge on any atom is -0.337 e. The number of nitrogens with two attached hydrogens (primary N) is 1. The quantitative estimate of drug-likeness (QED) is 0.876. The first-order valence-electron chi connectivity index (χ1n) is 8.31. The second-order valence-corrected chi connectivity index (χ2v) is 6.97. The summed E-state index contributed by atoms with van der Waals surface area (Å²) in [7, 11) is 0.